The molecule has 0 amide bonds. The fourth-order valence-corrected chi connectivity index (χ4v) is 12.9. The number of fused-ring (bicyclic) bond motifs is 3. The van der Waals surface area contributed by atoms with E-state index in [-0.39, 0.29) is 0 Å². The van der Waals surface area contributed by atoms with Gasteiger partial charge < -0.3 is 0 Å². The number of hydrogen-bond acceptors (Lipinski definition) is 2. The molecule has 0 saturated carbocycles. The van der Waals surface area contributed by atoms with Gasteiger partial charge in [-0.15, -0.1) is 22.7 Å². The van der Waals surface area contributed by atoms with Crippen molar-refractivity contribution in [1.29, 1.82) is 0 Å². The number of aryl methyl sites for hydroxylation is 2. The van der Waals surface area contributed by atoms with Crippen molar-refractivity contribution >= 4 is 51.5 Å². The lowest BCUT2D eigenvalue weighted by Crippen LogP contribution is -2.72. The average Bonchev–Trinajstić information content (AvgIpc) is 3.26. The van der Waals surface area contributed by atoms with Crippen molar-refractivity contribution in [2.45, 2.75) is 13.8 Å². The molecule has 0 nitrogen and oxygen atoms in total. The van der Waals surface area contributed by atoms with Gasteiger partial charge >= 0.3 is 0 Å². The van der Waals surface area contributed by atoms with Crippen LogP contribution >= 0.6 is 22.7 Å². The molecule has 1 aliphatic rings. The summed E-state index contributed by atoms with van der Waals surface area (Å²) in [7, 11) is -2.16. The molecule has 2 aromatic carbocycles. The molecular formula is C22H18S2Si. The summed E-state index contributed by atoms with van der Waals surface area (Å²) in [4.78, 5) is 5.88. The fraction of sp³-hybridized carbons (Fsp3) is 0.0909. The summed E-state index contributed by atoms with van der Waals surface area (Å²) < 4.78 is 0. The molecule has 1 aliphatic heterocycles. The van der Waals surface area contributed by atoms with Gasteiger partial charge in [-0.25, -0.2) is 0 Å². The Morgan fingerprint density at radius 1 is 0.600 bits per heavy atom. The lowest BCUT2D eigenvalue weighted by Gasteiger charge is -2.29. The molecule has 3 heteroatoms. The van der Waals surface area contributed by atoms with Crippen molar-refractivity contribution in [3.8, 4) is 9.75 Å². The highest BCUT2D eigenvalue weighted by Gasteiger charge is 2.50. The number of thiophene rings is 2. The van der Waals surface area contributed by atoms with Crippen LogP contribution in [0.3, 0.4) is 0 Å². The third-order valence-electron chi connectivity index (χ3n) is 5.14. The lowest BCUT2D eigenvalue weighted by atomic mass is 10.3. The minimum atomic E-state index is -2.16. The second-order valence-electron chi connectivity index (χ2n) is 6.68. The molecule has 3 heterocycles. The van der Waals surface area contributed by atoms with Crippen LogP contribution in [0, 0.1) is 13.8 Å². The minimum Gasteiger partial charge on any atom is -0.140 e. The molecule has 0 bridgehead atoms. The van der Waals surface area contributed by atoms with Crippen LogP contribution < -0.4 is 20.7 Å². The van der Waals surface area contributed by atoms with Crippen LogP contribution in [0.2, 0.25) is 0 Å². The van der Waals surface area contributed by atoms with E-state index >= 15 is 0 Å². The molecule has 5 rings (SSSR count). The standard InChI is InChI=1S/C22H18S2Si/c1-15-13-19-21(23-15)22-20(14-16(2)24-22)25(19,17-9-5-3-6-10-17)18-11-7-4-8-12-18/h3-14H,1-2H3. The number of benzene rings is 2. The summed E-state index contributed by atoms with van der Waals surface area (Å²) in [6.45, 7) is 4.50. The van der Waals surface area contributed by atoms with Gasteiger partial charge in [0.15, 0.2) is 8.07 Å². The van der Waals surface area contributed by atoms with E-state index in [1.54, 1.807) is 10.4 Å². The molecule has 2 aromatic heterocycles. The van der Waals surface area contributed by atoms with Crippen molar-refractivity contribution in [3.63, 3.8) is 0 Å². The molecule has 0 radical (unpaired) electrons. The number of rotatable bonds is 2. The minimum absolute atomic E-state index is 1.42. The van der Waals surface area contributed by atoms with E-state index in [9.17, 15) is 0 Å². The number of hydrogen-bond donors (Lipinski definition) is 0. The Kier molecular flexibility index (Phi) is 3.39. The van der Waals surface area contributed by atoms with Crippen LogP contribution in [0.4, 0.5) is 0 Å². The van der Waals surface area contributed by atoms with Gasteiger partial charge in [-0.1, -0.05) is 60.7 Å². The van der Waals surface area contributed by atoms with Crippen molar-refractivity contribution in [2.24, 2.45) is 0 Å². The van der Waals surface area contributed by atoms with E-state index in [1.807, 2.05) is 22.7 Å². The maximum Gasteiger partial charge on any atom is 0.182 e. The Balaban J connectivity index is 1.97. The normalized spacial score (nSPS) is 14.3. The summed E-state index contributed by atoms with van der Waals surface area (Å²) in [6.07, 6.45) is 0. The SMILES string of the molecule is Cc1cc2c(s1)-c1sc(C)cc1[Si]2(c1ccccc1)c1ccccc1. The first kappa shape index (κ1) is 15.3. The van der Waals surface area contributed by atoms with E-state index in [4.69, 9.17) is 0 Å². The summed E-state index contributed by atoms with van der Waals surface area (Å²) in [6, 6.07) is 27.4. The van der Waals surface area contributed by atoms with Crippen molar-refractivity contribution in [1.82, 2.24) is 0 Å². The predicted octanol–water partition coefficient (Wildman–Crippen LogP) is 3.78. The van der Waals surface area contributed by atoms with Gasteiger partial charge in [-0.3, -0.25) is 0 Å². The van der Waals surface area contributed by atoms with Gasteiger partial charge in [0.2, 0.25) is 0 Å². The van der Waals surface area contributed by atoms with E-state index in [0.717, 1.165) is 0 Å². The zero-order valence-electron chi connectivity index (χ0n) is 14.2. The molecule has 0 atom stereocenters. The summed E-state index contributed by atoms with van der Waals surface area (Å²) in [5, 5.41) is 6.18. The van der Waals surface area contributed by atoms with Gasteiger partial charge in [0.05, 0.1) is 0 Å². The largest absolute Gasteiger partial charge is 0.182 e. The maximum atomic E-state index is 2.47. The molecule has 0 saturated heterocycles. The Bertz CT molecular complexity index is 970. The highest BCUT2D eigenvalue weighted by atomic mass is 32.1. The molecule has 122 valence electrons. The van der Waals surface area contributed by atoms with Crippen LogP contribution in [0.15, 0.2) is 72.8 Å². The molecule has 0 spiro atoms. The molecule has 0 N–H and O–H groups in total. The first-order chi connectivity index (χ1) is 12.2. The smallest absolute Gasteiger partial charge is 0.140 e. The van der Waals surface area contributed by atoms with E-state index in [0.29, 0.717) is 0 Å². The first-order valence-electron chi connectivity index (χ1n) is 8.54. The highest BCUT2D eigenvalue weighted by Crippen LogP contribution is 2.38. The Hall–Kier alpha value is -1.94. The van der Waals surface area contributed by atoms with Gasteiger partial charge in [-0.2, -0.15) is 0 Å². The Morgan fingerprint density at radius 2 is 1.00 bits per heavy atom. The molecule has 0 aliphatic carbocycles. The summed E-state index contributed by atoms with van der Waals surface area (Å²) >= 11 is 3.94. The van der Waals surface area contributed by atoms with Crippen LogP contribution in [0.25, 0.3) is 9.75 Å². The fourth-order valence-electron chi connectivity index (χ4n) is 4.23. The van der Waals surface area contributed by atoms with Crippen LogP contribution in [-0.2, 0) is 0 Å². The third-order valence-corrected chi connectivity index (χ3v) is 12.6. The van der Waals surface area contributed by atoms with Gasteiger partial charge in [0, 0.05) is 19.5 Å². The molecule has 4 aromatic rings. The van der Waals surface area contributed by atoms with Gasteiger partial charge in [0.25, 0.3) is 0 Å². The van der Waals surface area contributed by atoms with Crippen molar-refractivity contribution in [3.05, 3.63) is 82.6 Å². The van der Waals surface area contributed by atoms with Crippen LogP contribution in [0.1, 0.15) is 9.75 Å². The van der Waals surface area contributed by atoms with Crippen molar-refractivity contribution in [2.75, 3.05) is 0 Å². The highest BCUT2D eigenvalue weighted by molar-refractivity contribution is 7.34. The Morgan fingerprint density at radius 3 is 1.40 bits per heavy atom. The average molecular weight is 375 g/mol. The summed E-state index contributed by atoms with van der Waals surface area (Å²) in [5.41, 5.74) is 0. The summed E-state index contributed by atoms with van der Waals surface area (Å²) in [5.74, 6) is 0. The Labute approximate surface area is 157 Å². The zero-order chi connectivity index (χ0) is 17.0. The lowest BCUT2D eigenvalue weighted by molar-refractivity contribution is 1.64. The van der Waals surface area contributed by atoms with Crippen LogP contribution in [0.5, 0.6) is 0 Å². The predicted molar refractivity (Wildman–Crippen MR) is 114 cm³/mol. The van der Waals surface area contributed by atoms with E-state index in [1.165, 1.54) is 29.9 Å². The second-order valence-corrected chi connectivity index (χ2v) is 12.9. The third kappa shape index (κ3) is 2.03. The first-order valence-corrected chi connectivity index (χ1v) is 12.2. The maximum absolute atomic E-state index is 2.47. The van der Waals surface area contributed by atoms with Crippen molar-refractivity contribution < 1.29 is 0 Å². The van der Waals surface area contributed by atoms with E-state index < -0.39 is 8.07 Å². The monoisotopic (exact) mass is 374 g/mol. The topological polar surface area (TPSA) is 0 Å². The zero-order valence-corrected chi connectivity index (χ0v) is 16.9. The quantitative estimate of drug-likeness (QED) is 0.413. The van der Waals surface area contributed by atoms with Gasteiger partial charge in [-0.05, 0) is 46.7 Å². The molecule has 25 heavy (non-hydrogen) atoms. The molecule has 0 unspecified atom stereocenters. The molecular weight excluding hydrogens is 356 g/mol. The van der Waals surface area contributed by atoms with Gasteiger partial charge in [0.1, 0.15) is 0 Å². The second kappa shape index (κ2) is 5.53. The van der Waals surface area contributed by atoms with Crippen LogP contribution in [-0.4, -0.2) is 8.07 Å². The van der Waals surface area contributed by atoms with E-state index in [2.05, 4.69) is 86.6 Å². The molecule has 0 fully saturated rings.